The smallest absolute Gasteiger partial charge is 0.243 e. The van der Waals surface area contributed by atoms with Crippen LogP contribution in [-0.2, 0) is 21.4 Å². The Kier molecular flexibility index (Phi) is 7.09. The molecule has 0 radical (unpaired) electrons. The summed E-state index contributed by atoms with van der Waals surface area (Å²) < 4.78 is 32.7. The number of sulfonamides is 1. The molecule has 0 heterocycles. The Morgan fingerprint density at radius 2 is 1.79 bits per heavy atom. The lowest BCUT2D eigenvalue weighted by Crippen LogP contribution is -2.47. The van der Waals surface area contributed by atoms with Gasteiger partial charge in [0.25, 0.3) is 0 Å². The number of nitrogens with one attached hydrogen (secondary N) is 1. The second-order valence-electron chi connectivity index (χ2n) is 7.35. The van der Waals surface area contributed by atoms with Crippen molar-refractivity contribution in [1.29, 1.82) is 0 Å². The summed E-state index contributed by atoms with van der Waals surface area (Å²) >= 11 is 6.11. The van der Waals surface area contributed by atoms with Crippen LogP contribution >= 0.6 is 11.6 Å². The summed E-state index contributed by atoms with van der Waals surface area (Å²) in [6.07, 6.45) is 0. The molecular weight excluding hydrogens is 400 g/mol. The van der Waals surface area contributed by atoms with Gasteiger partial charge in [0.05, 0.1) is 23.6 Å². The van der Waals surface area contributed by atoms with Crippen LogP contribution in [0.1, 0.15) is 26.3 Å². The van der Waals surface area contributed by atoms with E-state index in [1.807, 2.05) is 51.1 Å². The van der Waals surface area contributed by atoms with Gasteiger partial charge in [-0.2, -0.15) is 4.31 Å². The first-order valence-corrected chi connectivity index (χ1v) is 10.5. The number of hydrogen-bond acceptors (Lipinski definition) is 4. The number of rotatable bonds is 7. The second kappa shape index (κ2) is 8.94. The number of carbonyl (C=O) groups excluding carboxylic acids is 1. The van der Waals surface area contributed by atoms with Crippen LogP contribution in [0.2, 0.25) is 5.02 Å². The first-order chi connectivity index (χ1) is 13.0. The SMILES string of the molecule is COc1ccc(S(=O)(=O)N(CC(=O)NC(C)(C)C)Cc2ccccc2)cc1Cl. The van der Waals surface area contributed by atoms with Gasteiger partial charge in [0.15, 0.2) is 0 Å². The molecule has 0 saturated carbocycles. The highest BCUT2D eigenvalue weighted by Crippen LogP contribution is 2.29. The quantitative estimate of drug-likeness (QED) is 0.738. The zero-order valence-corrected chi connectivity index (χ0v) is 18.0. The van der Waals surface area contributed by atoms with Crippen molar-refractivity contribution in [1.82, 2.24) is 9.62 Å². The summed E-state index contributed by atoms with van der Waals surface area (Å²) in [5.41, 5.74) is 0.303. The van der Waals surface area contributed by atoms with Crippen molar-refractivity contribution in [3.8, 4) is 5.75 Å². The first-order valence-electron chi connectivity index (χ1n) is 8.71. The molecule has 0 atom stereocenters. The van der Waals surface area contributed by atoms with Crippen LogP contribution in [0.25, 0.3) is 0 Å². The maximum absolute atomic E-state index is 13.2. The normalized spacial score (nSPS) is 12.1. The lowest BCUT2D eigenvalue weighted by atomic mass is 10.1. The first kappa shape index (κ1) is 22.2. The van der Waals surface area contributed by atoms with Crippen molar-refractivity contribution in [3.05, 3.63) is 59.1 Å². The van der Waals surface area contributed by atoms with Gasteiger partial charge in [0.1, 0.15) is 5.75 Å². The Labute approximate surface area is 171 Å². The van der Waals surface area contributed by atoms with Crippen molar-refractivity contribution < 1.29 is 17.9 Å². The predicted octanol–water partition coefficient (Wildman–Crippen LogP) is 3.45. The lowest BCUT2D eigenvalue weighted by Gasteiger charge is -2.25. The number of nitrogens with zero attached hydrogens (tertiary/aromatic N) is 1. The van der Waals surface area contributed by atoms with E-state index in [-0.39, 0.29) is 28.9 Å². The Hall–Kier alpha value is -2.09. The molecule has 6 nitrogen and oxygen atoms in total. The molecule has 0 fully saturated rings. The number of hydrogen-bond donors (Lipinski definition) is 1. The summed E-state index contributed by atoms with van der Waals surface area (Å²) in [4.78, 5) is 12.4. The summed E-state index contributed by atoms with van der Waals surface area (Å²) in [6, 6.07) is 13.3. The van der Waals surface area contributed by atoms with Gasteiger partial charge in [-0.3, -0.25) is 4.79 Å². The predicted molar refractivity (Wildman–Crippen MR) is 110 cm³/mol. The minimum Gasteiger partial charge on any atom is -0.495 e. The number of halogens is 1. The molecule has 1 N–H and O–H groups in total. The third-order valence-electron chi connectivity index (χ3n) is 3.80. The van der Waals surface area contributed by atoms with Gasteiger partial charge in [-0.15, -0.1) is 0 Å². The average Bonchev–Trinajstić information content (AvgIpc) is 2.60. The molecule has 8 heteroatoms. The van der Waals surface area contributed by atoms with Crippen LogP contribution in [-0.4, -0.2) is 37.8 Å². The van der Waals surface area contributed by atoms with E-state index in [0.29, 0.717) is 5.75 Å². The van der Waals surface area contributed by atoms with Crippen LogP contribution in [0.5, 0.6) is 5.75 Å². The highest BCUT2D eigenvalue weighted by atomic mass is 35.5. The fourth-order valence-electron chi connectivity index (χ4n) is 2.59. The number of carbonyl (C=O) groups is 1. The van der Waals surface area contributed by atoms with Gasteiger partial charge in [0.2, 0.25) is 15.9 Å². The summed E-state index contributed by atoms with van der Waals surface area (Å²) in [6.45, 7) is 5.26. The minimum absolute atomic E-state index is 0.00205. The maximum atomic E-state index is 13.2. The number of methoxy groups -OCH3 is 1. The third kappa shape index (κ3) is 5.95. The Morgan fingerprint density at radius 3 is 2.32 bits per heavy atom. The number of benzene rings is 2. The van der Waals surface area contributed by atoms with Crippen molar-refractivity contribution >= 4 is 27.5 Å². The van der Waals surface area contributed by atoms with Crippen LogP contribution < -0.4 is 10.1 Å². The molecule has 0 aromatic heterocycles. The summed E-state index contributed by atoms with van der Waals surface area (Å²) in [5, 5.41) is 2.98. The van der Waals surface area contributed by atoms with E-state index in [2.05, 4.69) is 5.32 Å². The van der Waals surface area contributed by atoms with E-state index in [1.165, 1.54) is 25.3 Å². The largest absolute Gasteiger partial charge is 0.495 e. The van der Waals surface area contributed by atoms with Crippen LogP contribution in [0.4, 0.5) is 0 Å². The average molecular weight is 425 g/mol. The Bertz CT molecular complexity index is 925. The zero-order chi connectivity index (χ0) is 20.9. The van der Waals surface area contributed by atoms with Crippen molar-refractivity contribution in [2.45, 2.75) is 37.8 Å². The van der Waals surface area contributed by atoms with E-state index < -0.39 is 15.6 Å². The van der Waals surface area contributed by atoms with Crippen molar-refractivity contribution in [2.75, 3.05) is 13.7 Å². The lowest BCUT2D eigenvalue weighted by molar-refractivity contribution is -0.122. The van der Waals surface area contributed by atoms with Crippen molar-refractivity contribution in [3.63, 3.8) is 0 Å². The van der Waals surface area contributed by atoms with Gasteiger partial charge in [0, 0.05) is 12.1 Å². The molecule has 0 saturated heterocycles. The molecule has 0 aliphatic carbocycles. The van der Waals surface area contributed by atoms with Gasteiger partial charge in [-0.1, -0.05) is 41.9 Å². The molecule has 0 unspecified atom stereocenters. The number of amides is 1. The van der Waals surface area contributed by atoms with Crippen LogP contribution in [0.15, 0.2) is 53.4 Å². The highest BCUT2D eigenvalue weighted by molar-refractivity contribution is 7.89. The molecule has 2 rings (SSSR count). The van der Waals surface area contributed by atoms with Crippen LogP contribution in [0.3, 0.4) is 0 Å². The molecule has 0 bridgehead atoms. The minimum atomic E-state index is -3.96. The molecular formula is C20H25ClN2O4S. The van der Waals surface area contributed by atoms with Gasteiger partial charge in [-0.25, -0.2) is 8.42 Å². The third-order valence-corrected chi connectivity index (χ3v) is 5.88. The Balaban J connectivity index is 2.38. The fourth-order valence-corrected chi connectivity index (χ4v) is 4.32. The van der Waals surface area contributed by atoms with E-state index in [4.69, 9.17) is 16.3 Å². The van der Waals surface area contributed by atoms with Gasteiger partial charge >= 0.3 is 0 Å². The van der Waals surface area contributed by atoms with E-state index in [9.17, 15) is 13.2 Å². The summed E-state index contributed by atoms with van der Waals surface area (Å²) in [5.74, 6) is -0.00711. The molecule has 0 aliphatic heterocycles. The fraction of sp³-hybridized carbons (Fsp3) is 0.350. The molecule has 152 valence electrons. The molecule has 28 heavy (non-hydrogen) atoms. The molecule has 2 aromatic rings. The van der Waals surface area contributed by atoms with Crippen LogP contribution in [0, 0.1) is 0 Å². The monoisotopic (exact) mass is 424 g/mol. The molecule has 0 spiro atoms. The van der Waals surface area contributed by atoms with Crippen molar-refractivity contribution in [2.24, 2.45) is 0 Å². The molecule has 1 amide bonds. The second-order valence-corrected chi connectivity index (χ2v) is 9.70. The maximum Gasteiger partial charge on any atom is 0.243 e. The number of ether oxygens (including phenoxy) is 1. The molecule has 0 aliphatic rings. The van der Waals surface area contributed by atoms with E-state index in [0.717, 1.165) is 9.87 Å². The highest BCUT2D eigenvalue weighted by Gasteiger charge is 2.28. The standard InChI is InChI=1S/C20H25ClN2O4S/c1-20(2,3)22-19(24)14-23(13-15-8-6-5-7-9-15)28(25,26)16-10-11-18(27-4)17(21)12-16/h5-12H,13-14H2,1-4H3,(H,22,24). The van der Waals surface area contributed by atoms with E-state index >= 15 is 0 Å². The van der Waals surface area contributed by atoms with Gasteiger partial charge < -0.3 is 10.1 Å². The topological polar surface area (TPSA) is 75.7 Å². The molecule has 2 aromatic carbocycles. The summed E-state index contributed by atoms with van der Waals surface area (Å²) in [7, 11) is -2.51. The van der Waals surface area contributed by atoms with Gasteiger partial charge in [-0.05, 0) is 44.5 Å². The van der Waals surface area contributed by atoms with E-state index in [1.54, 1.807) is 0 Å². The zero-order valence-electron chi connectivity index (χ0n) is 16.4. The Morgan fingerprint density at radius 1 is 1.14 bits per heavy atom.